The Hall–Kier alpha value is -2.95. The van der Waals surface area contributed by atoms with Gasteiger partial charge in [0.2, 0.25) is 5.95 Å². The molecule has 2 heterocycles. The van der Waals surface area contributed by atoms with Gasteiger partial charge in [0, 0.05) is 30.4 Å². The summed E-state index contributed by atoms with van der Waals surface area (Å²) >= 11 is 0. The van der Waals surface area contributed by atoms with E-state index in [-0.39, 0.29) is 5.82 Å². The van der Waals surface area contributed by atoms with Crippen molar-refractivity contribution in [2.75, 3.05) is 23.3 Å². The van der Waals surface area contributed by atoms with E-state index in [1.165, 1.54) is 31.4 Å². The minimum Gasteiger partial charge on any atom is -0.341 e. The number of halogens is 1. The summed E-state index contributed by atoms with van der Waals surface area (Å²) in [4.78, 5) is 11.7. The first-order valence-electron chi connectivity index (χ1n) is 9.00. The summed E-state index contributed by atoms with van der Waals surface area (Å²) in [6.45, 7) is 1.96. The number of nitrogens with zero attached hydrogens (tertiary/aromatic N) is 3. The van der Waals surface area contributed by atoms with Gasteiger partial charge in [-0.1, -0.05) is 30.3 Å². The molecular weight excluding hydrogens is 327 g/mol. The van der Waals surface area contributed by atoms with Gasteiger partial charge in [-0.2, -0.15) is 4.98 Å². The smallest absolute Gasteiger partial charge is 0.227 e. The van der Waals surface area contributed by atoms with Gasteiger partial charge >= 0.3 is 0 Å². The number of nitrogens with one attached hydrogen (secondary N) is 1. The molecule has 1 N–H and O–H groups in total. The van der Waals surface area contributed by atoms with E-state index in [1.807, 2.05) is 36.4 Å². The fourth-order valence-electron chi connectivity index (χ4n) is 3.17. The number of hydrogen-bond acceptors (Lipinski definition) is 4. The van der Waals surface area contributed by atoms with Gasteiger partial charge in [-0.25, -0.2) is 9.37 Å². The average molecular weight is 348 g/mol. The molecule has 1 aliphatic rings. The summed E-state index contributed by atoms with van der Waals surface area (Å²) in [6.07, 6.45) is 3.59. The summed E-state index contributed by atoms with van der Waals surface area (Å²) in [5, 5.41) is 3.28. The van der Waals surface area contributed by atoms with E-state index in [9.17, 15) is 4.39 Å². The predicted octanol–water partition coefficient (Wildman–Crippen LogP) is 5.02. The van der Waals surface area contributed by atoms with Gasteiger partial charge in [0.15, 0.2) is 0 Å². The number of anilines is 3. The van der Waals surface area contributed by atoms with E-state index < -0.39 is 0 Å². The average Bonchev–Trinajstić information content (AvgIpc) is 2.71. The molecule has 132 valence electrons. The monoisotopic (exact) mass is 348 g/mol. The van der Waals surface area contributed by atoms with E-state index in [2.05, 4.69) is 10.2 Å². The normalized spacial score (nSPS) is 14.3. The second kappa shape index (κ2) is 7.52. The van der Waals surface area contributed by atoms with Crippen LogP contribution in [-0.4, -0.2) is 23.1 Å². The Kier molecular flexibility index (Phi) is 4.78. The van der Waals surface area contributed by atoms with Crippen molar-refractivity contribution in [3.05, 3.63) is 66.5 Å². The van der Waals surface area contributed by atoms with Gasteiger partial charge in [0.25, 0.3) is 0 Å². The third kappa shape index (κ3) is 3.82. The van der Waals surface area contributed by atoms with Crippen molar-refractivity contribution >= 4 is 17.5 Å². The molecule has 0 unspecified atom stereocenters. The first kappa shape index (κ1) is 16.5. The number of aromatic nitrogens is 2. The summed E-state index contributed by atoms with van der Waals surface area (Å²) < 4.78 is 13.2. The molecule has 2 aromatic carbocycles. The molecule has 26 heavy (non-hydrogen) atoms. The fourth-order valence-corrected chi connectivity index (χ4v) is 3.17. The number of benzene rings is 2. The van der Waals surface area contributed by atoms with Crippen LogP contribution >= 0.6 is 0 Å². The summed E-state index contributed by atoms with van der Waals surface area (Å²) in [5.74, 6) is 1.21. The van der Waals surface area contributed by atoms with Crippen LogP contribution in [0.15, 0.2) is 60.7 Å². The third-order valence-corrected chi connectivity index (χ3v) is 4.54. The Balaban J connectivity index is 1.70. The van der Waals surface area contributed by atoms with Crippen LogP contribution in [0.2, 0.25) is 0 Å². The zero-order valence-electron chi connectivity index (χ0n) is 14.5. The Morgan fingerprint density at radius 2 is 1.58 bits per heavy atom. The first-order valence-corrected chi connectivity index (χ1v) is 9.00. The molecule has 5 heteroatoms. The molecule has 0 radical (unpaired) electrons. The van der Waals surface area contributed by atoms with Crippen LogP contribution in [0.5, 0.6) is 0 Å². The van der Waals surface area contributed by atoms with E-state index >= 15 is 0 Å². The molecule has 3 aromatic rings. The van der Waals surface area contributed by atoms with Crippen molar-refractivity contribution in [1.82, 2.24) is 9.97 Å². The number of rotatable bonds is 4. The zero-order chi connectivity index (χ0) is 17.8. The van der Waals surface area contributed by atoms with Crippen LogP contribution in [-0.2, 0) is 0 Å². The summed E-state index contributed by atoms with van der Waals surface area (Å²) in [7, 11) is 0. The molecule has 0 saturated carbocycles. The standard InChI is InChI=1S/C21H21FN4/c22-17-9-11-18(12-10-17)23-20-15-19(16-7-3-1-4-8-16)24-21(25-20)26-13-5-2-6-14-26/h1,3-4,7-12,15H,2,5-6,13-14H2,(H,23,24,25). The Bertz CT molecular complexity index is 859. The van der Waals surface area contributed by atoms with Gasteiger partial charge in [0.05, 0.1) is 5.69 Å². The van der Waals surface area contributed by atoms with Gasteiger partial charge in [-0.15, -0.1) is 0 Å². The second-order valence-electron chi connectivity index (χ2n) is 6.48. The van der Waals surface area contributed by atoms with Crippen molar-refractivity contribution in [1.29, 1.82) is 0 Å². The Morgan fingerprint density at radius 3 is 2.31 bits per heavy atom. The van der Waals surface area contributed by atoms with E-state index in [1.54, 1.807) is 12.1 Å². The minimum absolute atomic E-state index is 0.253. The quantitative estimate of drug-likeness (QED) is 0.719. The van der Waals surface area contributed by atoms with Crippen LogP contribution in [0, 0.1) is 5.82 Å². The lowest BCUT2D eigenvalue weighted by Gasteiger charge is -2.27. The number of piperidine rings is 1. The van der Waals surface area contributed by atoms with E-state index in [4.69, 9.17) is 9.97 Å². The highest BCUT2D eigenvalue weighted by atomic mass is 19.1. The van der Waals surface area contributed by atoms with Crippen LogP contribution in [0.4, 0.5) is 21.8 Å². The molecule has 1 aliphatic heterocycles. The molecule has 4 nitrogen and oxygen atoms in total. The van der Waals surface area contributed by atoms with Gasteiger partial charge in [0.1, 0.15) is 11.6 Å². The maximum atomic E-state index is 13.2. The molecule has 0 atom stereocenters. The molecule has 4 rings (SSSR count). The molecule has 0 aliphatic carbocycles. The minimum atomic E-state index is -0.253. The lowest BCUT2D eigenvalue weighted by molar-refractivity contribution is 0.568. The van der Waals surface area contributed by atoms with Crippen LogP contribution in [0.1, 0.15) is 19.3 Å². The van der Waals surface area contributed by atoms with Crippen molar-refractivity contribution in [3.8, 4) is 11.3 Å². The third-order valence-electron chi connectivity index (χ3n) is 4.54. The van der Waals surface area contributed by atoms with Gasteiger partial charge in [-0.3, -0.25) is 0 Å². The van der Waals surface area contributed by atoms with Crippen molar-refractivity contribution in [3.63, 3.8) is 0 Å². The maximum absolute atomic E-state index is 13.2. The first-order chi connectivity index (χ1) is 12.8. The molecule has 1 saturated heterocycles. The molecule has 0 amide bonds. The number of hydrogen-bond donors (Lipinski definition) is 1. The SMILES string of the molecule is Fc1ccc(Nc2cc(-c3ccccc3)nc(N3CCCCC3)n2)cc1. The van der Waals surface area contributed by atoms with Crippen molar-refractivity contribution < 1.29 is 4.39 Å². The lowest BCUT2D eigenvalue weighted by atomic mass is 10.1. The van der Waals surface area contributed by atoms with Gasteiger partial charge in [-0.05, 0) is 43.5 Å². The molecule has 0 spiro atoms. The van der Waals surface area contributed by atoms with Crippen LogP contribution in [0.3, 0.4) is 0 Å². The highest BCUT2D eigenvalue weighted by molar-refractivity contribution is 5.67. The highest BCUT2D eigenvalue weighted by Crippen LogP contribution is 2.26. The second-order valence-corrected chi connectivity index (χ2v) is 6.48. The van der Waals surface area contributed by atoms with Crippen LogP contribution in [0.25, 0.3) is 11.3 Å². The van der Waals surface area contributed by atoms with E-state index in [0.29, 0.717) is 5.82 Å². The maximum Gasteiger partial charge on any atom is 0.227 e. The molecule has 0 bridgehead atoms. The predicted molar refractivity (Wildman–Crippen MR) is 103 cm³/mol. The lowest BCUT2D eigenvalue weighted by Crippen LogP contribution is -2.31. The van der Waals surface area contributed by atoms with Crippen molar-refractivity contribution in [2.45, 2.75) is 19.3 Å². The van der Waals surface area contributed by atoms with Crippen LogP contribution < -0.4 is 10.2 Å². The largest absolute Gasteiger partial charge is 0.341 e. The summed E-state index contributed by atoms with van der Waals surface area (Å²) in [6, 6.07) is 18.3. The van der Waals surface area contributed by atoms with Gasteiger partial charge < -0.3 is 10.2 Å². The zero-order valence-corrected chi connectivity index (χ0v) is 14.5. The molecule has 1 aromatic heterocycles. The Morgan fingerprint density at radius 1 is 0.846 bits per heavy atom. The fraction of sp³-hybridized carbons (Fsp3) is 0.238. The van der Waals surface area contributed by atoms with Crippen molar-refractivity contribution in [2.24, 2.45) is 0 Å². The topological polar surface area (TPSA) is 41.1 Å². The highest BCUT2D eigenvalue weighted by Gasteiger charge is 2.16. The van der Waals surface area contributed by atoms with E-state index in [0.717, 1.165) is 36.0 Å². The molecular formula is C21H21FN4. The summed E-state index contributed by atoms with van der Waals surface area (Å²) in [5.41, 5.74) is 2.73. The molecule has 1 fully saturated rings. The Labute approximate surface area is 152 Å².